The quantitative estimate of drug-likeness (QED) is 0.427. The third-order valence-corrected chi connectivity index (χ3v) is 7.10. The average molecular weight is 468 g/mol. The van der Waals surface area contributed by atoms with Crippen LogP contribution in [-0.2, 0) is 13.0 Å². The predicted molar refractivity (Wildman–Crippen MR) is 134 cm³/mol. The summed E-state index contributed by atoms with van der Waals surface area (Å²) < 4.78 is 13.8. The summed E-state index contributed by atoms with van der Waals surface area (Å²) in [5.41, 5.74) is 6.69. The summed E-state index contributed by atoms with van der Waals surface area (Å²) in [6, 6.07) is 11.7. The van der Waals surface area contributed by atoms with E-state index >= 15 is 0 Å². The molecule has 0 spiro atoms. The number of benzene rings is 2. The largest absolute Gasteiger partial charge is 0.351 e. The fraction of sp³-hybridized carbons (Fsp3) is 0.286. The van der Waals surface area contributed by atoms with Crippen LogP contribution in [0.15, 0.2) is 55.1 Å². The van der Waals surface area contributed by atoms with Crippen LogP contribution in [0.25, 0.3) is 22.0 Å². The highest BCUT2D eigenvalue weighted by Gasteiger charge is 2.24. The first kappa shape index (κ1) is 21.6. The third-order valence-electron chi connectivity index (χ3n) is 7.10. The van der Waals surface area contributed by atoms with Gasteiger partial charge in [0.15, 0.2) is 0 Å². The molecule has 2 aliphatic rings. The zero-order valence-corrected chi connectivity index (χ0v) is 19.7. The van der Waals surface area contributed by atoms with Crippen molar-refractivity contribution in [3.63, 3.8) is 0 Å². The van der Waals surface area contributed by atoms with Gasteiger partial charge in [0.05, 0.1) is 11.7 Å². The topological polar surface area (TPSA) is 62.2 Å². The van der Waals surface area contributed by atoms with E-state index in [1.807, 2.05) is 30.0 Å². The van der Waals surface area contributed by atoms with Crippen molar-refractivity contribution in [2.75, 3.05) is 24.5 Å². The second kappa shape index (κ2) is 8.73. The van der Waals surface area contributed by atoms with Gasteiger partial charge in [-0.3, -0.25) is 9.78 Å². The van der Waals surface area contributed by atoms with Crippen LogP contribution in [-0.4, -0.2) is 45.4 Å². The molecule has 0 saturated carbocycles. The molecule has 0 aliphatic carbocycles. The summed E-state index contributed by atoms with van der Waals surface area (Å²) in [6.07, 6.45) is 7.53. The van der Waals surface area contributed by atoms with Gasteiger partial charge in [-0.15, -0.1) is 0 Å². The molecule has 0 N–H and O–H groups in total. The van der Waals surface area contributed by atoms with Crippen molar-refractivity contribution in [3.05, 3.63) is 83.2 Å². The van der Waals surface area contributed by atoms with Gasteiger partial charge in [-0.25, -0.2) is 14.4 Å². The summed E-state index contributed by atoms with van der Waals surface area (Å²) >= 11 is 0. The van der Waals surface area contributed by atoms with E-state index < -0.39 is 0 Å². The summed E-state index contributed by atoms with van der Waals surface area (Å²) in [4.78, 5) is 30.4. The number of hydrogen-bond acceptors (Lipinski definition) is 5. The second-order valence-corrected chi connectivity index (χ2v) is 9.43. The maximum Gasteiger partial charge on any atom is 0.253 e. The highest BCUT2D eigenvalue weighted by atomic mass is 19.1. The van der Waals surface area contributed by atoms with Crippen molar-refractivity contribution < 1.29 is 9.18 Å². The lowest BCUT2D eigenvalue weighted by atomic mass is 9.96. The Labute approximate surface area is 203 Å². The predicted octanol–water partition coefficient (Wildman–Crippen LogP) is 4.94. The molecule has 4 aromatic rings. The van der Waals surface area contributed by atoms with Crippen molar-refractivity contribution in [2.45, 2.75) is 32.7 Å². The third kappa shape index (κ3) is 4.01. The summed E-state index contributed by atoms with van der Waals surface area (Å²) in [5, 5.41) is 0.930. The van der Waals surface area contributed by atoms with Gasteiger partial charge in [-0.05, 0) is 78.8 Å². The van der Waals surface area contributed by atoms with Crippen molar-refractivity contribution >= 4 is 22.6 Å². The number of halogens is 1. The van der Waals surface area contributed by atoms with Gasteiger partial charge in [0.2, 0.25) is 0 Å². The second-order valence-electron chi connectivity index (χ2n) is 9.43. The van der Waals surface area contributed by atoms with Crippen molar-refractivity contribution in [3.8, 4) is 11.1 Å². The van der Waals surface area contributed by atoms with Gasteiger partial charge >= 0.3 is 0 Å². The molecular formula is C28H26FN5O. The molecule has 6 nitrogen and oxygen atoms in total. The molecule has 2 aromatic carbocycles. The van der Waals surface area contributed by atoms with E-state index in [4.69, 9.17) is 0 Å². The van der Waals surface area contributed by atoms with Gasteiger partial charge in [0.1, 0.15) is 18.0 Å². The van der Waals surface area contributed by atoms with Crippen LogP contribution in [0.1, 0.15) is 39.9 Å². The molecule has 35 heavy (non-hydrogen) atoms. The number of fused-ring (bicyclic) bond motifs is 2. The summed E-state index contributed by atoms with van der Waals surface area (Å²) in [6.45, 7) is 5.20. The van der Waals surface area contributed by atoms with E-state index in [0.29, 0.717) is 6.54 Å². The van der Waals surface area contributed by atoms with Crippen LogP contribution in [0.2, 0.25) is 0 Å². The SMILES string of the molecule is Cc1cc(-c2cncc(F)c2)cc2c(N3CCc4ccc(C(=O)N5CCCC5)cc4C3)ncnc12. The smallest absolute Gasteiger partial charge is 0.253 e. The summed E-state index contributed by atoms with van der Waals surface area (Å²) in [5.74, 6) is 0.613. The lowest BCUT2D eigenvalue weighted by Crippen LogP contribution is -2.32. The molecule has 1 amide bonds. The van der Waals surface area contributed by atoms with Gasteiger partial charge in [0.25, 0.3) is 5.91 Å². The van der Waals surface area contributed by atoms with Gasteiger partial charge in [-0.1, -0.05) is 6.07 Å². The van der Waals surface area contributed by atoms with E-state index in [1.165, 1.54) is 17.8 Å². The number of rotatable bonds is 3. The van der Waals surface area contributed by atoms with E-state index in [0.717, 1.165) is 83.4 Å². The Morgan fingerprint density at radius 2 is 1.80 bits per heavy atom. The Morgan fingerprint density at radius 1 is 0.943 bits per heavy atom. The van der Waals surface area contributed by atoms with Crippen LogP contribution in [0.4, 0.5) is 10.2 Å². The zero-order chi connectivity index (χ0) is 23.9. The monoisotopic (exact) mass is 467 g/mol. The van der Waals surface area contributed by atoms with Crippen LogP contribution >= 0.6 is 0 Å². The molecule has 0 atom stereocenters. The van der Waals surface area contributed by atoms with Gasteiger partial charge in [0, 0.05) is 48.9 Å². The zero-order valence-electron chi connectivity index (χ0n) is 19.7. The molecule has 4 heterocycles. The van der Waals surface area contributed by atoms with Gasteiger partial charge in [-0.2, -0.15) is 0 Å². The molecule has 1 fully saturated rings. The van der Waals surface area contributed by atoms with Crippen LogP contribution in [0.5, 0.6) is 0 Å². The van der Waals surface area contributed by atoms with Gasteiger partial charge < -0.3 is 9.80 Å². The van der Waals surface area contributed by atoms with E-state index in [1.54, 1.807) is 12.5 Å². The van der Waals surface area contributed by atoms with Crippen molar-refractivity contribution in [1.29, 1.82) is 0 Å². The lowest BCUT2D eigenvalue weighted by Gasteiger charge is -2.31. The molecular weight excluding hydrogens is 441 g/mol. The average Bonchev–Trinajstić information content (AvgIpc) is 3.42. The maximum atomic E-state index is 13.8. The first-order valence-corrected chi connectivity index (χ1v) is 12.1. The minimum absolute atomic E-state index is 0.124. The maximum absolute atomic E-state index is 13.8. The van der Waals surface area contributed by atoms with Crippen molar-refractivity contribution in [2.24, 2.45) is 0 Å². The fourth-order valence-corrected chi connectivity index (χ4v) is 5.29. The number of hydrogen-bond donors (Lipinski definition) is 0. The molecule has 2 aliphatic heterocycles. The minimum atomic E-state index is -0.364. The minimum Gasteiger partial charge on any atom is -0.351 e. The Bertz CT molecular complexity index is 1450. The number of carbonyl (C=O) groups is 1. The number of amides is 1. The number of nitrogens with zero attached hydrogens (tertiary/aromatic N) is 5. The number of aryl methyl sites for hydroxylation is 1. The molecule has 0 radical (unpaired) electrons. The highest BCUT2D eigenvalue weighted by Crippen LogP contribution is 2.33. The highest BCUT2D eigenvalue weighted by molar-refractivity contribution is 5.96. The number of carbonyl (C=O) groups excluding carboxylic acids is 1. The Balaban J connectivity index is 1.37. The normalized spacial score (nSPS) is 15.5. The molecule has 0 unspecified atom stereocenters. The van der Waals surface area contributed by atoms with Crippen LogP contribution < -0.4 is 4.90 Å². The first-order chi connectivity index (χ1) is 17.1. The van der Waals surface area contributed by atoms with Crippen LogP contribution in [0.3, 0.4) is 0 Å². The van der Waals surface area contributed by atoms with E-state index in [-0.39, 0.29) is 11.7 Å². The fourth-order valence-electron chi connectivity index (χ4n) is 5.29. The molecule has 0 bridgehead atoms. The number of aromatic nitrogens is 3. The Kier molecular flexibility index (Phi) is 5.40. The number of pyridine rings is 1. The standard InChI is InChI=1S/C28H26FN5O/c1-18-10-21(22-12-24(29)15-30-14-22)13-25-26(18)31-17-32-27(25)34-9-6-19-4-5-20(11-23(19)16-34)28(35)33-7-2-3-8-33/h4-5,10-15,17H,2-3,6-9,16H2,1H3. The number of likely N-dealkylation sites (tertiary alicyclic amines) is 1. The molecule has 176 valence electrons. The Hall–Kier alpha value is -3.87. The summed E-state index contributed by atoms with van der Waals surface area (Å²) in [7, 11) is 0. The lowest BCUT2D eigenvalue weighted by molar-refractivity contribution is 0.0792. The Morgan fingerprint density at radius 3 is 2.63 bits per heavy atom. The van der Waals surface area contributed by atoms with E-state index in [2.05, 4.69) is 32.0 Å². The van der Waals surface area contributed by atoms with Crippen molar-refractivity contribution in [1.82, 2.24) is 19.9 Å². The molecule has 6 rings (SSSR count). The number of anilines is 1. The molecule has 2 aromatic heterocycles. The molecule has 1 saturated heterocycles. The van der Waals surface area contributed by atoms with E-state index in [9.17, 15) is 9.18 Å². The first-order valence-electron chi connectivity index (χ1n) is 12.1. The van der Waals surface area contributed by atoms with Crippen LogP contribution in [0, 0.1) is 12.7 Å². The molecule has 7 heteroatoms.